The lowest BCUT2D eigenvalue weighted by atomic mass is 10.1. The first-order chi connectivity index (χ1) is 9.16. The maximum Gasteiger partial charge on any atom is 0.308 e. The molecule has 0 aliphatic carbocycles. The van der Waals surface area contributed by atoms with Crippen LogP contribution < -0.4 is 0 Å². The molecule has 1 amide bonds. The summed E-state index contributed by atoms with van der Waals surface area (Å²) in [5.74, 6) is -1.46. The maximum atomic E-state index is 12.4. The summed E-state index contributed by atoms with van der Waals surface area (Å²) >= 11 is 0. The second-order valence-corrected chi connectivity index (χ2v) is 4.72. The van der Waals surface area contributed by atoms with Crippen molar-refractivity contribution in [3.8, 4) is 0 Å². The van der Waals surface area contributed by atoms with Gasteiger partial charge in [-0.25, -0.2) is 0 Å². The van der Waals surface area contributed by atoms with Crippen molar-refractivity contribution < 1.29 is 19.1 Å². The summed E-state index contributed by atoms with van der Waals surface area (Å²) in [5, 5.41) is 9.73. The molecule has 19 heavy (non-hydrogen) atoms. The van der Waals surface area contributed by atoms with Crippen LogP contribution in [-0.2, 0) is 4.79 Å². The second-order valence-electron chi connectivity index (χ2n) is 4.72. The number of fused-ring (bicyclic) bond motifs is 1. The first-order valence-corrected chi connectivity index (χ1v) is 6.15. The van der Waals surface area contributed by atoms with E-state index in [4.69, 9.17) is 9.52 Å². The molecule has 1 fully saturated rings. The number of para-hydroxylation sites is 1. The van der Waals surface area contributed by atoms with Crippen LogP contribution in [0.15, 0.2) is 34.9 Å². The van der Waals surface area contributed by atoms with E-state index in [1.165, 1.54) is 6.26 Å². The van der Waals surface area contributed by atoms with Crippen LogP contribution >= 0.6 is 0 Å². The maximum absolute atomic E-state index is 12.4. The number of carbonyl (C=O) groups is 2. The third-order valence-electron chi connectivity index (χ3n) is 3.54. The Kier molecular flexibility index (Phi) is 2.74. The van der Waals surface area contributed by atoms with Gasteiger partial charge in [0.25, 0.3) is 5.91 Å². The van der Waals surface area contributed by atoms with E-state index in [1.807, 2.05) is 18.2 Å². The minimum absolute atomic E-state index is 0.159. The van der Waals surface area contributed by atoms with Crippen molar-refractivity contribution in [2.45, 2.75) is 6.42 Å². The van der Waals surface area contributed by atoms with E-state index in [0.29, 0.717) is 24.1 Å². The van der Waals surface area contributed by atoms with Crippen LogP contribution in [0.25, 0.3) is 11.0 Å². The zero-order chi connectivity index (χ0) is 13.4. The van der Waals surface area contributed by atoms with Crippen molar-refractivity contribution in [2.24, 2.45) is 5.92 Å². The van der Waals surface area contributed by atoms with E-state index in [0.717, 1.165) is 5.39 Å². The standard InChI is InChI=1S/C14H13NO4/c16-13(15-6-5-9(7-15)14(17)18)11-8-19-12-4-2-1-3-10(11)12/h1-4,8-9H,5-7H2,(H,17,18)/t9-/m1/s1. The molecule has 0 unspecified atom stereocenters. The lowest BCUT2D eigenvalue weighted by Crippen LogP contribution is -2.29. The second kappa shape index (κ2) is 4.42. The molecular formula is C14H13NO4. The molecule has 1 saturated heterocycles. The Hall–Kier alpha value is -2.30. The van der Waals surface area contributed by atoms with E-state index in [1.54, 1.807) is 11.0 Å². The first kappa shape index (κ1) is 11.8. The smallest absolute Gasteiger partial charge is 0.308 e. The normalized spacial score (nSPS) is 18.9. The fraction of sp³-hybridized carbons (Fsp3) is 0.286. The van der Waals surface area contributed by atoms with Gasteiger partial charge in [0.2, 0.25) is 0 Å². The zero-order valence-electron chi connectivity index (χ0n) is 10.2. The molecule has 1 N–H and O–H groups in total. The number of aliphatic carboxylic acids is 1. The molecule has 3 rings (SSSR count). The Balaban J connectivity index is 1.87. The Morgan fingerprint density at radius 1 is 1.32 bits per heavy atom. The van der Waals surface area contributed by atoms with Crippen LogP contribution in [-0.4, -0.2) is 35.0 Å². The number of rotatable bonds is 2. The van der Waals surface area contributed by atoms with Gasteiger partial charge in [-0.2, -0.15) is 0 Å². The third kappa shape index (κ3) is 1.97. The lowest BCUT2D eigenvalue weighted by Gasteiger charge is -2.14. The Labute approximate surface area is 109 Å². The van der Waals surface area contributed by atoms with Gasteiger partial charge >= 0.3 is 5.97 Å². The number of amides is 1. The lowest BCUT2D eigenvalue weighted by molar-refractivity contribution is -0.141. The van der Waals surface area contributed by atoms with E-state index in [2.05, 4.69) is 0 Å². The van der Waals surface area contributed by atoms with Gasteiger partial charge in [-0.1, -0.05) is 18.2 Å². The monoisotopic (exact) mass is 259 g/mol. The average Bonchev–Trinajstić information content (AvgIpc) is 3.05. The van der Waals surface area contributed by atoms with Gasteiger partial charge in [0, 0.05) is 18.5 Å². The molecule has 1 aromatic heterocycles. The highest BCUT2D eigenvalue weighted by Crippen LogP contribution is 2.25. The molecule has 1 atom stereocenters. The molecule has 1 aliphatic heterocycles. The topological polar surface area (TPSA) is 70.8 Å². The molecule has 0 bridgehead atoms. The molecule has 98 valence electrons. The van der Waals surface area contributed by atoms with Gasteiger partial charge in [0.05, 0.1) is 11.5 Å². The van der Waals surface area contributed by atoms with Crippen LogP contribution in [0.5, 0.6) is 0 Å². The summed E-state index contributed by atoms with van der Waals surface area (Å²) in [6.45, 7) is 0.753. The summed E-state index contributed by atoms with van der Waals surface area (Å²) in [6, 6.07) is 7.32. The summed E-state index contributed by atoms with van der Waals surface area (Å²) in [4.78, 5) is 24.9. The number of likely N-dealkylation sites (tertiary alicyclic amines) is 1. The molecule has 0 radical (unpaired) electrons. The molecule has 2 heterocycles. The molecule has 0 saturated carbocycles. The molecule has 0 spiro atoms. The number of hydrogen-bond acceptors (Lipinski definition) is 3. The van der Waals surface area contributed by atoms with Gasteiger partial charge in [0.15, 0.2) is 0 Å². The summed E-state index contributed by atoms with van der Waals surface area (Å²) in [5.41, 5.74) is 1.17. The van der Waals surface area contributed by atoms with Crippen molar-refractivity contribution in [1.82, 2.24) is 4.90 Å². The fourth-order valence-corrected chi connectivity index (χ4v) is 2.46. The number of furan rings is 1. The number of hydrogen-bond donors (Lipinski definition) is 1. The highest BCUT2D eigenvalue weighted by molar-refractivity contribution is 6.06. The van der Waals surface area contributed by atoms with Crippen molar-refractivity contribution in [1.29, 1.82) is 0 Å². The first-order valence-electron chi connectivity index (χ1n) is 6.15. The van der Waals surface area contributed by atoms with Crippen molar-refractivity contribution >= 4 is 22.8 Å². The third-order valence-corrected chi connectivity index (χ3v) is 3.54. The molecule has 5 nitrogen and oxygen atoms in total. The summed E-state index contributed by atoms with van der Waals surface area (Å²) in [6.07, 6.45) is 1.96. The van der Waals surface area contributed by atoms with Gasteiger partial charge in [-0.15, -0.1) is 0 Å². The molecule has 1 aromatic carbocycles. The summed E-state index contributed by atoms with van der Waals surface area (Å²) < 4.78 is 5.34. The van der Waals surface area contributed by atoms with Crippen LogP contribution in [0.3, 0.4) is 0 Å². The SMILES string of the molecule is O=C(O)[C@@H]1CCN(C(=O)c2coc3ccccc23)C1. The molecular weight excluding hydrogens is 246 g/mol. The molecule has 1 aliphatic rings. The van der Waals surface area contributed by atoms with E-state index in [-0.39, 0.29) is 12.5 Å². The van der Waals surface area contributed by atoms with E-state index >= 15 is 0 Å². The number of nitrogens with zero attached hydrogens (tertiary/aromatic N) is 1. The van der Waals surface area contributed by atoms with Crippen molar-refractivity contribution in [2.75, 3.05) is 13.1 Å². The Morgan fingerprint density at radius 3 is 2.84 bits per heavy atom. The zero-order valence-corrected chi connectivity index (χ0v) is 10.2. The number of benzene rings is 1. The van der Waals surface area contributed by atoms with Gasteiger partial charge in [-0.3, -0.25) is 9.59 Å². The van der Waals surface area contributed by atoms with Crippen LogP contribution in [0.2, 0.25) is 0 Å². The van der Waals surface area contributed by atoms with E-state index in [9.17, 15) is 9.59 Å². The average molecular weight is 259 g/mol. The number of carboxylic acids is 1. The van der Waals surface area contributed by atoms with Crippen molar-refractivity contribution in [3.63, 3.8) is 0 Å². The molecule has 5 heteroatoms. The molecule has 2 aromatic rings. The van der Waals surface area contributed by atoms with Gasteiger partial charge in [-0.05, 0) is 12.5 Å². The predicted molar refractivity (Wildman–Crippen MR) is 67.9 cm³/mol. The predicted octanol–water partition coefficient (Wildman–Crippen LogP) is 1.98. The summed E-state index contributed by atoms with van der Waals surface area (Å²) in [7, 11) is 0. The largest absolute Gasteiger partial charge is 0.481 e. The van der Waals surface area contributed by atoms with Crippen LogP contribution in [0.4, 0.5) is 0 Å². The van der Waals surface area contributed by atoms with E-state index < -0.39 is 11.9 Å². The Bertz CT molecular complexity index is 646. The van der Waals surface area contributed by atoms with Crippen LogP contribution in [0.1, 0.15) is 16.8 Å². The number of carboxylic acid groups (broad SMARTS) is 1. The highest BCUT2D eigenvalue weighted by atomic mass is 16.4. The van der Waals surface area contributed by atoms with Gasteiger partial charge in [0.1, 0.15) is 11.8 Å². The fourth-order valence-electron chi connectivity index (χ4n) is 2.46. The number of carbonyl (C=O) groups excluding carboxylic acids is 1. The van der Waals surface area contributed by atoms with Crippen LogP contribution in [0, 0.1) is 5.92 Å². The highest BCUT2D eigenvalue weighted by Gasteiger charge is 2.32. The Morgan fingerprint density at radius 2 is 2.11 bits per heavy atom. The minimum atomic E-state index is -0.840. The van der Waals surface area contributed by atoms with Gasteiger partial charge < -0.3 is 14.4 Å². The van der Waals surface area contributed by atoms with Crippen molar-refractivity contribution in [3.05, 3.63) is 36.1 Å². The quantitative estimate of drug-likeness (QED) is 0.895. The minimum Gasteiger partial charge on any atom is -0.481 e.